The quantitative estimate of drug-likeness (QED) is 0.888. The Morgan fingerprint density at radius 1 is 1.38 bits per heavy atom. The standard InChI is InChI=1S/C15H18ClN3OS/c1-9(7-11-3-5-12(16)6-4-11)18-14(20)13-8-21-15(19-13)10(2)17/h3-6,8-10H,7,17H2,1-2H3,(H,18,20). The van der Waals surface area contributed by atoms with Crippen molar-refractivity contribution >= 4 is 28.8 Å². The zero-order chi connectivity index (χ0) is 15.4. The largest absolute Gasteiger partial charge is 0.348 e. The minimum atomic E-state index is -0.167. The Kier molecular flexibility index (Phi) is 5.33. The number of halogens is 1. The first-order valence-electron chi connectivity index (χ1n) is 6.72. The van der Waals surface area contributed by atoms with Gasteiger partial charge in [-0.2, -0.15) is 0 Å². The van der Waals surface area contributed by atoms with Crippen LogP contribution in [0.4, 0.5) is 0 Å². The van der Waals surface area contributed by atoms with Crippen LogP contribution in [0.3, 0.4) is 0 Å². The third kappa shape index (κ3) is 4.52. The number of benzene rings is 1. The van der Waals surface area contributed by atoms with Gasteiger partial charge in [0.15, 0.2) is 0 Å². The molecule has 0 saturated heterocycles. The molecule has 112 valence electrons. The third-order valence-electron chi connectivity index (χ3n) is 2.98. The number of hydrogen-bond donors (Lipinski definition) is 2. The van der Waals surface area contributed by atoms with Crippen LogP contribution in [-0.4, -0.2) is 16.9 Å². The molecule has 1 amide bonds. The molecular weight excluding hydrogens is 306 g/mol. The monoisotopic (exact) mass is 323 g/mol. The van der Waals surface area contributed by atoms with Crippen LogP contribution in [-0.2, 0) is 6.42 Å². The van der Waals surface area contributed by atoms with Gasteiger partial charge in [-0.1, -0.05) is 23.7 Å². The first-order valence-corrected chi connectivity index (χ1v) is 7.97. The highest BCUT2D eigenvalue weighted by atomic mass is 35.5. The zero-order valence-corrected chi connectivity index (χ0v) is 13.5. The van der Waals surface area contributed by atoms with Crippen LogP contribution in [0.1, 0.15) is 40.9 Å². The topological polar surface area (TPSA) is 68.0 Å². The summed E-state index contributed by atoms with van der Waals surface area (Å²) in [6, 6.07) is 7.48. The second-order valence-corrected chi connectivity index (χ2v) is 6.39. The van der Waals surface area contributed by atoms with Crippen molar-refractivity contribution in [3.8, 4) is 0 Å². The van der Waals surface area contributed by atoms with E-state index in [1.54, 1.807) is 5.38 Å². The Morgan fingerprint density at radius 2 is 2.05 bits per heavy atom. The van der Waals surface area contributed by atoms with E-state index in [1.807, 2.05) is 38.1 Å². The summed E-state index contributed by atoms with van der Waals surface area (Å²) in [6.45, 7) is 3.81. The lowest BCUT2D eigenvalue weighted by molar-refractivity contribution is 0.0935. The van der Waals surface area contributed by atoms with Crippen LogP contribution in [0.15, 0.2) is 29.6 Å². The molecule has 0 radical (unpaired) electrons. The average molecular weight is 324 g/mol. The Morgan fingerprint density at radius 3 is 2.62 bits per heavy atom. The molecule has 2 atom stereocenters. The molecular formula is C15H18ClN3OS. The molecule has 2 unspecified atom stereocenters. The van der Waals surface area contributed by atoms with Gasteiger partial charge in [0.25, 0.3) is 5.91 Å². The van der Waals surface area contributed by atoms with E-state index in [0.29, 0.717) is 10.7 Å². The normalized spacial score (nSPS) is 13.7. The Hall–Kier alpha value is -1.43. The molecule has 2 aromatic rings. The minimum Gasteiger partial charge on any atom is -0.348 e. The van der Waals surface area contributed by atoms with Crippen molar-refractivity contribution in [2.75, 3.05) is 0 Å². The summed E-state index contributed by atoms with van der Waals surface area (Å²) in [7, 11) is 0. The smallest absolute Gasteiger partial charge is 0.270 e. The van der Waals surface area contributed by atoms with Crippen molar-refractivity contribution in [1.29, 1.82) is 0 Å². The number of nitrogens with one attached hydrogen (secondary N) is 1. The lowest BCUT2D eigenvalue weighted by Crippen LogP contribution is -2.34. The fraction of sp³-hybridized carbons (Fsp3) is 0.333. The van der Waals surface area contributed by atoms with E-state index in [9.17, 15) is 4.79 Å². The summed E-state index contributed by atoms with van der Waals surface area (Å²) in [6.07, 6.45) is 0.743. The number of nitrogens with zero attached hydrogens (tertiary/aromatic N) is 1. The molecule has 2 rings (SSSR count). The number of aromatic nitrogens is 1. The van der Waals surface area contributed by atoms with E-state index in [4.69, 9.17) is 17.3 Å². The van der Waals surface area contributed by atoms with Crippen molar-refractivity contribution in [2.24, 2.45) is 5.73 Å². The molecule has 0 bridgehead atoms. The Bertz CT molecular complexity index is 610. The van der Waals surface area contributed by atoms with E-state index in [2.05, 4.69) is 10.3 Å². The number of carbonyl (C=O) groups excluding carboxylic acids is 1. The molecule has 0 aliphatic heterocycles. The van der Waals surface area contributed by atoms with Crippen LogP contribution in [0.5, 0.6) is 0 Å². The summed E-state index contributed by atoms with van der Waals surface area (Å²) < 4.78 is 0. The predicted octanol–water partition coefficient (Wildman–Crippen LogP) is 3.18. The van der Waals surface area contributed by atoms with Crippen molar-refractivity contribution in [2.45, 2.75) is 32.4 Å². The molecule has 1 heterocycles. The Balaban J connectivity index is 1.93. The van der Waals surface area contributed by atoms with Crippen LogP contribution in [0.25, 0.3) is 0 Å². The summed E-state index contributed by atoms with van der Waals surface area (Å²) in [4.78, 5) is 16.4. The molecule has 21 heavy (non-hydrogen) atoms. The minimum absolute atomic E-state index is 0.0131. The van der Waals surface area contributed by atoms with Gasteiger partial charge in [0, 0.05) is 16.4 Å². The van der Waals surface area contributed by atoms with E-state index in [1.165, 1.54) is 11.3 Å². The maximum Gasteiger partial charge on any atom is 0.270 e. The summed E-state index contributed by atoms with van der Waals surface area (Å²) in [5.74, 6) is -0.167. The van der Waals surface area contributed by atoms with Gasteiger partial charge in [0.2, 0.25) is 0 Å². The van der Waals surface area contributed by atoms with Gasteiger partial charge < -0.3 is 11.1 Å². The highest BCUT2D eigenvalue weighted by Gasteiger charge is 2.15. The van der Waals surface area contributed by atoms with Gasteiger partial charge in [0.05, 0.1) is 6.04 Å². The molecule has 6 heteroatoms. The van der Waals surface area contributed by atoms with Crippen molar-refractivity contribution < 1.29 is 4.79 Å². The van der Waals surface area contributed by atoms with Gasteiger partial charge in [-0.15, -0.1) is 11.3 Å². The van der Waals surface area contributed by atoms with Gasteiger partial charge in [-0.3, -0.25) is 4.79 Å². The number of amides is 1. The van der Waals surface area contributed by atoms with Crippen molar-refractivity contribution in [3.63, 3.8) is 0 Å². The fourth-order valence-corrected chi connectivity index (χ4v) is 2.81. The van der Waals surface area contributed by atoms with E-state index in [0.717, 1.165) is 17.0 Å². The van der Waals surface area contributed by atoms with Crippen LogP contribution in [0.2, 0.25) is 5.02 Å². The second kappa shape index (κ2) is 7.02. The molecule has 1 aromatic heterocycles. The number of thiazole rings is 1. The highest BCUT2D eigenvalue weighted by molar-refractivity contribution is 7.09. The Labute approximate surface area is 133 Å². The van der Waals surface area contributed by atoms with E-state index >= 15 is 0 Å². The highest BCUT2D eigenvalue weighted by Crippen LogP contribution is 2.16. The summed E-state index contributed by atoms with van der Waals surface area (Å²) >= 11 is 7.26. The molecule has 3 N–H and O–H groups in total. The molecule has 0 saturated carbocycles. The molecule has 0 aliphatic rings. The lowest BCUT2D eigenvalue weighted by Gasteiger charge is -2.13. The number of rotatable bonds is 5. The first kappa shape index (κ1) is 15.9. The summed E-state index contributed by atoms with van der Waals surface area (Å²) in [5.41, 5.74) is 7.30. The van der Waals surface area contributed by atoms with Crippen LogP contribution in [0, 0.1) is 0 Å². The SMILES string of the molecule is CC(Cc1ccc(Cl)cc1)NC(=O)c1csc(C(C)N)n1. The van der Waals surface area contributed by atoms with E-state index < -0.39 is 0 Å². The average Bonchev–Trinajstić information content (AvgIpc) is 2.91. The van der Waals surface area contributed by atoms with Crippen LogP contribution < -0.4 is 11.1 Å². The van der Waals surface area contributed by atoms with Gasteiger partial charge in [0.1, 0.15) is 10.7 Å². The van der Waals surface area contributed by atoms with Gasteiger partial charge in [-0.25, -0.2) is 4.98 Å². The zero-order valence-electron chi connectivity index (χ0n) is 12.0. The number of nitrogens with two attached hydrogens (primary N) is 1. The molecule has 0 spiro atoms. The maximum absolute atomic E-state index is 12.1. The number of hydrogen-bond acceptors (Lipinski definition) is 4. The second-order valence-electron chi connectivity index (χ2n) is 5.06. The van der Waals surface area contributed by atoms with Crippen molar-refractivity contribution in [1.82, 2.24) is 10.3 Å². The first-order chi connectivity index (χ1) is 9.95. The molecule has 0 fully saturated rings. The lowest BCUT2D eigenvalue weighted by atomic mass is 10.1. The maximum atomic E-state index is 12.1. The third-order valence-corrected chi connectivity index (χ3v) is 4.27. The number of carbonyl (C=O) groups is 1. The van der Waals surface area contributed by atoms with Crippen LogP contribution >= 0.6 is 22.9 Å². The van der Waals surface area contributed by atoms with Gasteiger partial charge >= 0.3 is 0 Å². The molecule has 1 aromatic carbocycles. The molecule has 0 aliphatic carbocycles. The van der Waals surface area contributed by atoms with Gasteiger partial charge in [-0.05, 0) is 38.0 Å². The van der Waals surface area contributed by atoms with E-state index in [-0.39, 0.29) is 18.0 Å². The fourth-order valence-electron chi connectivity index (χ4n) is 1.92. The summed E-state index contributed by atoms with van der Waals surface area (Å²) in [5, 5.41) is 6.16. The molecule has 4 nitrogen and oxygen atoms in total. The van der Waals surface area contributed by atoms with Crippen molar-refractivity contribution in [3.05, 3.63) is 50.9 Å². The predicted molar refractivity (Wildman–Crippen MR) is 86.8 cm³/mol.